The minimum Gasteiger partial charge on any atom is -0.382 e. The fourth-order valence-electron chi connectivity index (χ4n) is 2.94. The smallest absolute Gasteiger partial charge is 0.219 e. The summed E-state index contributed by atoms with van der Waals surface area (Å²) in [6.45, 7) is 13.3. The molecule has 0 bridgehead atoms. The minimum absolute atomic E-state index is 0.260. The molecule has 174 valence electrons. The zero-order chi connectivity index (χ0) is 22.7. The molecule has 2 saturated carbocycles. The molecule has 5 heteroatoms. The molecule has 1 amide bonds. The Morgan fingerprint density at radius 1 is 0.931 bits per heavy atom. The number of nitrogens with two attached hydrogens (primary N) is 1. The highest BCUT2D eigenvalue weighted by molar-refractivity contribution is 5.83. The number of carbonyl (C=O) groups is 2. The molecule has 0 aromatic heterocycles. The Morgan fingerprint density at radius 3 is 1.76 bits per heavy atom. The lowest BCUT2D eigenvalue weighted by Gasteiger charge is -2.25. The Bertz CT molecular complexity index is 386. The lowest BCUT2D eigenvalue weighted by atomic mass is 9.79. The summed E-state index contributed by atoms with van der Waals surface area (Å²) in [5.41, 5.74) is 4.99. The van der Waals surface area contributed by atoms with Gasteiger partial charge in [0, 0.05) is 32.0 Å². The Morgan fingerprint density at radius 2 is 1.45 bits per heavy atom. The second kappa shape index (κ2) is 20.3. The first-order valence-corrected chi connectivity index (χ1v) is 11.7. The van der Waals surface area contributed by atoms with Crippen molar-refractivity contribution in [2.24, 2.45) is 23.5 Å². The third kappa shape index (κ3) is 18.8. The minimum atomic E-state index is -0.274. The predicted molar refractivity (Wildman–Crippen MR) is 122 cm³/mol. The molecule has 0 spiro atoms. The largest absolute Gasteiger partial charge is 0.382 e. The van der Waals surface area contributed by atoms with Crippen LogP contribution in [0.1, 0.15) is 99.3 Å². The molecule has 0 aromatic rings. The van der Waals surface area contributed by atoms with E-state index in [1.807, 2.05) is 41.5 Å². The standard InChI is InChI=1S/C10H19NO2.C8H14O.C4H10O.C2H6/c11-10(12)6-7-13-8-9-4-2-1-3-5-9;1-6(2)8(9)7-4-3-5-7;1-4(2)5-3;1-2/h9H,1-8H2,(H2,11,12);6-7H,3-5H2,1-2H3;4H,1-3H3;1-2H3. The molecule has 0 atom stereocenters. The normalized spacial score (nSPS) is 16.4. The molecule has 0 aliphatic heterocycles. The van der Waals surface area contributed by atoms with Crippen LogP contribution in [0.4, 0.5) is 0 Å². The van der Waals surface area contributed by atoms with Gasteiger partial charge < -0.3 is 15.2 Å². The van der Waals surface area contributed by atoms with Crippen LogP contribution in [0.3, 0.4) is 0 Å². The van der Waals surface area contributed by atoms with E-state index in [4.69, 9.17) is 15.2 Å². The third-order valence-corrected chi connectivity index (χ3v) is 5.12. The van der Waals surface area contributed by atoms with Gasteiger partial charge in [-0.15, -0.1) is 0 Å². The summed E-state index contributed by atoms with van der Waals surface area (Å²) >= 11 is 0. The molecule has 0 aromatic carbocycles. The molecule has 0 unspecified atom stereocenters. The molecule has 2 aliphatic carbocycles. The number of hydrogen-bond donors (Lipinski definition) is 1. The highest BCUT2D eigenvalue weighted by Gasteiger charge is 2.26. The van der Waals surface area contributed by atoms with Crippen LogP contribution in [0.5, 0.6) is 0 Å². The Hall–Kier alpha value is -0.940. The first kappa shape index (κ1) is 30.3. The fourth-order valence-corrected chi connectivity index (χ4v) is 2.94. The third-order valence-electron chi connectivity index (χ3n) is 5.12. The van der Waals surface area contributed by atoms with Gasteiger partial charge in [0.15, 0.2) is 0 Å². The average Bonchev–Trinajstić information content (AvgIpc) is 2.67. The summed E-state index contributed by atoms with van der Waals surface area (Å²) in [4.78, 5) is 21.5. The van der Waals surface area contributed by atoms with Crippen LogP contribution in [0.25, 0.3) is 0 Å². The maximum absolute atomic E-state index is 11.1. The van der Waals surface area contributed by atoms with E-state index in [1.165, 1.54) is 38.5 Å². The van der Waals surface area contributed by atoms with Crippen molar-refractivity contribution >= 4 is 11.7 Å². The number of rotatable bonds is 8. The zero-order valence-corrected chi connectivity index (χ0v) is 20.3. The van der Waals surface area contributed by atoms with Gasteiger partial charge in [0.05, 0.1) is 12.7 Å². The number of hydrogen-bond acceptors (Lipinski definition) is 4. The van der Waals surface area contributed by atoms with Gasteiger partial charge in [0.1, 0.15) is 5.78 Å². The van der Waals surface area contributed by atoms with Crippen molar-refractivity contribution in [3.63, 3.8) is 0 Å². The number of ketones is 1. The summed E-state index contributed by atoms with van der Waals surface area (Å²) in [6, 6.07) is 0. The second-order valence-corrected chi connectivity index (χ2v) is 8.26. The van der Waals surface area contributed by atoms with E-state index >= 15 is 0 Å². The predicted octanol–water partition coefficient (Wildman–Crippen LogP) is 5.54. The van der Waals surface area contributed by atoms with Gasteiger partial charge in [-0.25, -0.2) is 0 Å². The highest BCUT2D eigenvalue weighted by Crippen LogP contribution is 2.29. The number of primary amides is 1. The first-order valence-electron chi connectivity index (χ1n) is 11.7. The van der Waals surface area contributed by atoms with Crippen LogP contribution < -0.4 is 5.73 Å². The van der Waals surface area contributed by atoms with Crippen molar-refractivity contribution in [1.29, 1.82) is 0 Å². The first-order chi connectivity index (χ1) is 13.8. The van der Waals surface area contributed by atoms with Gasteiger partial charge in [-0.1, -0.05) is 53.4 Å². The molecule has 0 saturated heterocycles. The molecule has 29 heavy (non-hydrogen) atoms. The van der Waals surface area contributed by atoms with Crippen LogP contribution in [-0.4, -0.2) is 38.1 Å². The zero-order valence-electron chi connectivity index (χ0n) is 20.3. The Labute approximate surface area is 180 Å². The highest BCUT2D eigenvalue weighted by atomic mass is 16.5. The van der Waals surface area contributed by atoms with Crippen molar-refractivity contribution < 1.29 is 19.1 Å². The monoisotopic (exact) mass is 415 g/mol. The van der Waals surface area contributed by atoms with Crippen LogP contribution in [0, 0.1) is 17.8 Å². The maximum Gasteiger partial charge on any atom is 0.219 e. The van der Waals surface area contributed by atoms with Gasteiger partial charge in [-0.05, 0) is 45.4 Å². The maximum atomic E-state index is 11.1. The van der Waals surface area contributed by atoms with E-state index in [2.05, 4.69) is 0 Å². The molecule has 2 fully saturated rings. The topological polar surface area (TPSA) is 78.6 Å². The van der Waals surface area contributed by atoms with Gasteiger partial charge in [-0.3, -0.25) is 9.59 Å². The van der Waals surface area contributed by atoms with Crippen LogP contribution in [0.15, 0.2) is 0 Å². The van der Waals surface area contributed by atoms with Gasteiger partial charge in [0.2, 0.25) is 5.91 Å². The van der Waals surface area contributed by atoms with Crippen LogP contribution >= 0.6 is 0 Å². The molecular weight excluding hydrogens is 366 g/mol. The van der Waals surface area contributed by atoms with Crippen molar-refractivity contribution in [3.8, 4) is 0 Å². The number of ether oxygens (including phenoxy) is 2. The van der Waals surface area contributed by atoms with Crippen molar-refractivity contribution in [3.05, 3.63) is 0 Å². The number of Topliss-reactive ketones (excluding diaryl/α,β-unsaturated/α-hetero) is 1. The second-order valence-electron chi connectivity index (χ2n) is 8.26. The van der Waals surface area contributed by atoms with Gasteiger partial charge in [0.25, 0.3) is 0 Å². The quantitative estimate of drug-likeness (QED) is 0.528. The molecular formula is C24H49NO4. The van der Waals surface area contributed by atoms with Gasteiger partial charge in [-0.2, -0.15) is 0 Å². The lowest BCUT2D eigenvalue weighted by Crippen LogP contribution is -2.25. The van der Waals surface area contributed by atoms with Gasteiger partial charge >= 0.3 is 0 Å². The number of amides is 1. The SMILES string of the molecule is CC.CC(C)C(=O)C1CCC1.COC(C)C.NC(=O)CCOCC1CCCCC1. The molecule has 2 N–H and O–H groups in total. The van der Waals surface area contributed by atoms with Crippen LogP contribution in [-0.2, 0) is 19.1 Å². The van der Waals surface area contributed by atoms with E-state index in [-0.39, 0.29) is 11.8 Å². The molecule has 2 rings (SSSR count). The van der Waals surface area contributed by atoms with E-state index in [9.17, 15) is 9.59 Å². The van der Waals surface area contributed by atoms with Crippen molar-refractivity contribution in [2.75, 3.05) is 20.3 Å². The van der Waals surface area contributed by atoms with Crippen LogP contribution in [0.2, 0.25) is 0 Å². The van der Waals surface area contributed by atoms with Crippen molar-refractivity contribution in [1.82, 2.24) is 0 Å². The van der Waals surface area contributed by atoms with E-state index in [0.717, 1.165) is 25.4 Å². The molecule has 2 aliphatic rings. The Kier molecular flexibility index (Phi) is 21.2. The number of methoxy groups -OCH3 is 1. The average molecular weight is 416 g/mol. The number of carbonyl (C=O) groups excluding carboxylic acids is 2. The molecule has 5 nitrogen and oxygen atoms in total. The molecule has 0 radical (unpaired) electrons. The summed E-state index contributed by atoms with van der Waals surface area (Å²) in [5.74, 6) is 1.62. The van der Waals surface area contributed by atoms with E-state index in [1.54, 1.807) is 7.11 Å². The fraction of sp³-hybridized carbons (Fsp3) is 0.917. The summed E-state index contributed by atoms with van der Waals surface area (Å²) < 4.78 is 10.1. The summed E-state index contributed by atoms with van der Waals surface area (Å²) in [7, 11) is 1.70. The van der Waals surface area contributed by atoms with E-state index < -0.39 is 0 Å². The van der Waals surface area contributed by atoms with Crippen molar-refractivity contribution in [2.45, 2.75) is 105 Å². The lowest BCUT2D eigenvalue weighted by molar-refractivity contribution is -0.128. The Balaban J connectivity index is 0. The molecule has 0 heterocycles. The summed E-state index contributed by atoms with van der Waals surface area (Å²) in [5, 5.41) is 0. The van der Waals surface area contributed by atoms with E-state index in [0.29, 0.717) is 30.8 Å². The summed E-state index contributed by atoms with van der Waals surface area (Å²) in [6.07, 6.45) is 10.9.